The molecule has 2 unspecified atom stereocenters. The highest BCUT2D eigenvalue weighted by molar-refractivity contribution is 4.90. The Morgan fingerprint density at radius 2 is 1.67 bits per heavy atom. The molecular weight excluding hydrogens is 160 g/mol. The molecule has 1 saturated carbocycles. The van der Waals surface area contributed by atoms with Gasteiger partial charge in [0, 0.05) is 12.5 Å². The van der Waals surface area contributed by atoms with Gasteiger partial charge in [0.25, 0.3) is 0 Å². The Bertz CT molecular complexity index is 145. The summed E-state index contributed by atoms with van der Waals surface area (Å²) in [5.41, 5.74) is 0. The highest BCUT2D eigenvalue weighted by Gasteiger charge is 2.40. The van der Waals surface area contributed by atoms with E-state index in [1.54, 1.807) is 6.92 Å². The first kappa shape index (κ1) is 9.92. The van der Waals surface area contributed by atoms with Crippen molar-refractivity contribution in [2.24, 2.45) is 11.8 Å². The number of aliphatic hydroxyl groups is 4. The van der Waals surface area contributed by atoms with E-state index >= 15 is 0 Å². The van der Waals surface area contributed by atoms with Crippen LogP contribution in [0.3, 0.4) is 0 Å². The maximum atomic E-state index is 9.36. The van der Waals surface area contributed by atoms with Gasteiger partial charge in [-0.05, 0) is 12.3 Å². The molecular formula is C8H16O4. The van der Waals surface area contributed by atoms with Crippen LogP contribution in [0.1, 0.15) is 13.3 Å². The van der Waals surface area contributed by atoms with E-state index in [2.05, 4.69) is 0 Å². The maximum absolute atomic E-state index is 9.36. The summed E-state index contributed by atoms with van der Waals surface area (Å²) in [5, 5.41) is 36.8. The van der Waals surface area contributed by atoms with Crippen molar-refractivity contribution in [1.82, 2.24) is 0 Å². The zero-order valence-corrected chi connectivity index (χ0v) is 7.09. The number of rotatable bonds is 1. The highest BCUT2D eigenvalue weighted by Crippen LogP contribution is 2.29. The smallest absolute Gasteiger partial charge is 0.106 e. The van der Waals surface area contributed by atoms with Crippen LogP contribution in [0.5, 0.6) is 0 Å². The van der Waals surface area contributed by atoms with Crippen LogP contribution >= 0.6 is 0 Å². The second-order valence-corrected chi connectivity index (χ2v) is 3.63. The Kier molecular flexibility index (Phi) is 3.06. The van der Waals surface area contributed by atoms with E-state index in [0.29, 0.717) is 6.42 Å². The van der Waals surface area contributed by atoms with E-state index in [-0.39, 0.29) is 18.4 Å². The summed E-state index contributed by atoms with van der Waals surface area (Å²) in [7, 11) is 0. The highest BCUT2D eigenvalue weighted by atomic mass is 16.4. The van der Waals surface area contributed by atoms with Crippen molar-refractivity contribution in [3.8, 4) is 0 Å². The van der Waals surface area contributed by atoms with Crippen molar-refractivity contribution < 1.29 is 20.4 Å². The molecule has 72 valence electrons. The Hall–Kier alpha value is -0.160. The third-order valence-electron chi connectivity index (χ3n) is 2.67. The van der Waals surface area contributed by atoms with Gasteiger partial charge >= 0.3 is 0 Å². The topological polar surface area (TPSA) is 80.9 Å². The lowest BCUT2D eigenvalue weighted by molar-refractivity contribution is -0.138. The van der Waals surface area contributed by atoms with Crippen LogP contribution in [-0.4, -0.2) is 45.3 Å². The quantitative estimate of drug-likeness (QED) is 0.401. The molecule has 0 spiro atoms. The Morgan fingerprint density at radius 3 is 2.17 bits per heavy atom. The molecule has 0 saturated heterocycles. The van der Waals surface area contributed by atoms with Crippen molar-refractivity contribution in [3.63, 3.8) is 0 Å². The van der Waals surface area contributed by atoms with Crippen LogP contribution < -0.4 is 0 Å². The summed E-state index contributed by atoms with van der Waals surface area (Å²) in [6.07, 6.45) is -2.44. The summed E-state index contributed by atoms with van der Waals surface area (Å²) in [5.74, 6) is -0.376. The fraction of sp³-hybridized carbons (Fsp3) is 1.00. The molecule has 0 radical (unpaired) electrons. The number of hydrogen-bond donors (Lipinski definition) is 4. The first-order chi connectivity index (χ1) is 5.57. The molecule has 0 amide bonds. The van der Waals surface area contributed by atoms with Gasteiger partial charge in [0.15, 0.2) is 0 Å². The molecule has 0 bridgehead atoms. The molecule has 0 heterocycles. The van der Waals surface area contributed by atoms with Crippen LogP contribution in [-0.2, 0) is 0 Å². The zero-order chi connectivity index (χ0) is 9.30. The number of aliphatic hydroxyl groups excluding tert-OH is 4. The summed E-state index contributed by atoms with van der Waals surface area (Å²) < 4.78 is 0. The van der Waals surface area contributed by atoms with Crippen LogP contribution in [0.15, 0.2) is 0 Å². The van der Waals surface area contributed by atoms with E-state index in [1.807, 2.05) is 0 Å². The van der Waals surface area contributed by atoms with Gasteiger partial charge in [0.05, 0.1) is 12.2 Å². The minimum absolute atomic E-state index is 0.0689. The fourth-order valence-corrected chi connectivity index (χ4v) is 1.76. The second kappa shape index (κ2) is 3.70. The van der Waals surface area contributed by atoms with Gasteiger partial charge in [-0.25, -0.2) is 0 Å². The Morgan fingerprint density at radius 1 is 1.08 bits per heavy atom. The van der Waals surface area contributed by atoms with Crippen molar-refractivity contribution in [2.75, 3.05) is 6.61 Å². The third-order valence-corrected chi connectivity index (χ3v) is 2.67. The van der Waals surface area contributed by atoms with E-state index in [4.69, 9.17) is 5.11 Å². The Labute approximate surface area is 71.5 Å². The van der Waals surface area contributed by atoms with Crippen LogP contribution in [0.4, 0.5) is 0 Å². The summed E-state index contributed by atoms with van der Waals surface area (Å²) in [6.45, 7) is 1.65. The van der Waals surface area contributed by atoms with Crippen molar-refractivity contribution in [3.05, 3.63) is 0 Å². The second-order valence-electron chi connectivity index (χ2n) is 3.63. The average molecular weight is 176 g/mol. The minimum Gasteiger partial charge on any atom is -0.396 e. The molecule has 0 aromatic rings. The molecule has 0 aromatic carbocycles. The van der Waals surface area contributed by atoms with Gasteiger partial charge in [0.1, 0.15) is 6.10 Å². The standard InChI is InChI=1S/C8H16O4/c1-4-2-5(3-9)7(11)8(12)6(4)10/h4-12H,2-3H2,1H3/t4-,5?,6?,7-,8+/m0/s1. The molecule has 4 nitrogen and oxygen atoms in total. The van der Waals surface area contributed by atoms with Crippen molar-refractivity contribution in [2.45, 2.75) is 31.7 Å². The minimum atomic E-state index is -1.12. The van der Waals surface area contributed by atoms with E-state index < -0.39 is 18.3 Å². The summed E-state index contributed by atoms with van der Waals surface area (Å²) in [4.78, 5) is 0. The predicted octanol–water partition coefficient (Wildman–Crippen LogP) is -1.28. The predicted molar refractivity (Wildman–Crippen MR) is 42.4 cm³/mol. The lowest BCUT2D eigenvalue weighted by atomic mass is 9.77. The first-order valence-electron chi connectivity index (χ1n) is 4.23. The Balaban J connectivity index is 2.63. The largest absolute Gasteiger partial charge is 0.396 e. The normalized spacial score (nSPS) is 49.2. The SMILES string of the molecule is C[C@H]1CC(CO)[C@H](O)[C@H](O)C1O. The first-order valence-corrected chi connectivity index (χ1v) is 4.23. The van der Waals surface area contributed by atoms with Gasteiger partial charge in [0.2, 0.25) is 0 Å². The van der Waals surface area contributed by atoms with Crippen LogP contribution in [0.2, 0.25) is 0 Å². The molecule has 1 rings (SSSR count). The maximum Gasteiger partial charge on any atom is 0.106 e. The van der Waals surface area contributed by atoms with Crippen LogP contribution in [0, 0.1) is 11.8 Å². The fourth-order valence-electron chi connectivity index (χ4n) is 1.76. The molecule has 4 heteroatoms. The summed E-state index contributed by atoms with van der Waals surface area (Å²) in [6, 6.07) is 0. The average Bonchev–Trinajstić information content (AvgIpc) is 2.08. The summed E-state index contributed by atoms with van der Waals surface area (Å²) >= 11 is 0. The zero-order valence-electron chi connectivity index (χ0n) is 7.09. The molecule has 1 fully saturated rings. The lowest BCUT2D eigenvalue weighted by Crippen LogP contribution is -2.51. The van der Waals surface area contributed by atoms with E-state index in [0.717, 1.165) is 0 Å². The monoisotopic (exact) mass is 176 g/mol. The third kappa shape index (κ3) is 1.61. The van der Waals surface area contributed by atoms with Gasteiger partial charge in [-0.1, -0.05) is 6.92 Å². The lowest BCUT2D eigenvalue weighted by Gasteiger charge is -2.38. The molecule has 1 aliphatic carbocycles. The number of hydrogen-bond acceptors (Lipinski definition) is 4. The van der Waals surface area contributed by atoms with Gasteiger partial charge in [-0.2, -0.15) is 0 Å². The molecule has 5 atom stereocenters. The van der Waals surface area contributed by atoms with E-state index in [1.165, 1.54) is 0 Å². The van der Waals surface area contributed by atoms with Crippen molar-refractivity contribution in [1.29, 1.82) is 0 Å². The van der Waals surface area contributed by atoms with Gasteiger partial charge in [-0.3, -0.25) is 0 Å². The van der Waals surface area contributed by atoms with Crippen molar-refractivity contribution >= 4 is 0 Å². The molecule has 12 heavy (non-hydrogen) atoms. The van der Waals surface area contributed by atoms with Gasteiger partial charge < -0.3 is 20.4 Å². The molecule has 1 aliphatic rings. The molecule has 0 aliphatic heterocycles. The van der Waals surface area contributed by atoms with Crippen LogP contribution in [0.25, 0.3) is 0 Å². The molecule has 0 aromatic heterocycles. The van der Waals surface area contributed by atoms with Gasteiger partial charge in [-0.15, -0.1) is 0 Å². The van der Waals surface area contributed by atoms with E-state index in [9.17, 15) is 15.3 Å². The molecule has 4 N–H and O–H groups in total.